The average molecular weight is 456 g/mol. The Morgan fingerprint density at radius 3 is 2.31 bits per heavy atom. The van der Waals surface area contributed by atoms with E-state index in [2.05, 4.69) is 15.4 Å². The van der Waals surface area contributed by atoms with Gasteiger partial charge in [0.1, 0.15) is 0 Å². The minimum absolute atomic E-state index is 0.0920. The monoisotopic (exact) mass is 455 g/mol. The van der Waals surface area contributed by atoms with Crippen LogP contribution in [0.25, 0.3) is 0 Å². The van der Waals surface area contributed by atoms with Gasteiger partial charge in [-0.15, -0.1) is 0 Å². The van der Waals surface area contributed by atoms with E-state index in [1.807, 2.05) is 19.9 Å². The van der Waals surface area contributed by atoms with Crippen LogP contribution in [-0.4, -0.2) is 26.8 Å². The number of aryl methyl sites for hydroxylation is 2. The highest BCUT2D eigenvalue weighted by Crippen LogP contribution is 2.20. The van der Waals surface area contributed by atoms with Gasteiger partial charge in [-0.2, -0.15) is 0 Å². The second kappa shape index (κ2) is 10.1. The molecule has 1 aromatic heterocycles. The van der Waals surface area contributed by atoms with Crippen LogP contribution in [-0.2, 0) is 14.8 Å². The zero-order valence-corrected chi connectivity index (χ0v) is 18.7. The molecule has 32 heavy (non-hydrogen) atoms. The predicted molar refractivity (Wildman–Crippen MR) is 122 cm³/mol. The fourth-order valence-electron chi connectivity index (χ4n) is 2.91. The molecule has 168 valence electrons. The van der Waals surface area contributed by atoms with Gasteiger partial charge >= 0.3 is 0 Å². The number of sulfonamides is 1. The number of furan rings is 1. The molecule has 0 bridgehead atoms. The van der Waals surface area contributed by atoms with Crippen molar-refractivity contribution in [1.29, 1.82) is 0 Å². The molecular formula is C23H25N3O5S. The molecule has 0 aliphatic heterocycles. The van der Waals surface area contributed by atoms with Crippen molar-refractivity contribution in [3.63, 3.8) is 0 Å². The smallest absolute Gasteiger partial charge is 0.286 e. The number of anilines is 2. The summed E-state index contributed by atoms with van der Waals surface area (Å²) in [6.07, 6.45) is 2.07. The molecule has 0 aliphatic carbocycles. The van der Waals surface area contributed by atoms with Crippen LogP contribution in [0.3, 0.4) is 0 Å². The van der Waals surface area contributed by atoms with Gasteiger partial charge in [0.15, 0.2) is 5.76 Å². The molecule has 0 spiro atoms. The quantitative estimate of drug-likeness (QED) is 0.424. The Morgan fingerprint density at radius 1 is 0.938 bits per heavy atom. The van der Waals surface area contributed by atoms with E-state index < -0.39 is 10.0 Å². The maximum atomic E-state index is 12.6. The number of amides is 2. The van der Waals surface area contributed by atoms with Crippen LogP contribution in [0.15, 0.2) is 70.2 Å². The van der Waals surface area contributed by atoms with Crippen LogP contribution in [0.2, 0.25) is 0 Å². The first-order valence-electron chi connectivity index (χ1n) is 10.1. The molecule has 9 heteroatoms. The molecule has 0 saturated carbocycles. The Labute approximate surface area is 187 Å². The van der Waals surface area contributed by atoms with Crippen LogP contribution in [0.1, 0.15) is 34.5 Å². The first-order valence-corrected chi connectivity index (χ1v) is 11.5. The van der Waals surface area contributed by atoms with Gasteiger partial charge in [0, 0.05) is 24.3 Å². The highest BCUT2D eigenvalue weighted by Gasteiger charge is 2.15. The lowest BCUT2D eigenvalue weighted by Gasteiger charge is -2.11. The summed E-state index contributed by atoms with van der Waals surface area (Å²) in [7, 11) is -3.74. The molecule has 0 aliphatic rings. The molecule has 0 unspecified atom stereocenters. The molecule has 8 nitrogen and oxygen atoms in total. The zero-order chi connectivity index (χ0) is 23.1. The fraction of sp³-hybridized carbons (Fsp3) is 0.217. The molecule has 0 saturated heterocycles. The molecule has 0 fully saturated rings. The third-order valence-electron chi connectivity index (χ3n) is 4.82. The minimum atomic E-state index is -3.74. The maximum Gasteiger partial charge on any atom is 0.286 e. The van der Waals surface area contributed by atoms with Gasteiger partial charge in [-0.25, -0.2) is 8.42 Å². The first-order chi connectivity index (χ1) is 15.2. The Bertz CT molecular complexity index is 1190. The lowest BCUT2D eigenvalue weighted by Crippen LogP contribution is -2.25. The van der Waals surface area contributed by atoms with Gasteiger partial charge in [-0.1, -0.05) is 6.07 Å². The number of carbonyl (C=O) groups is 2. The average Bonchev–Trinajstić information content (AvgIpc) is 3.29. The molecule has 0 radical (unpaired) electrons. The van der Waals surface area contributed by atoms with Crippen LogP contribution < -0.4 is 15.4 Å². The van der Waals surface area contributed by atoms with Crippen molar-refractivity contribution in [3.05, 3.63) is 77.7 Å². The molecule has 3 aromatic rings. The van der Waals surface area contributed by atoms with Crippen molar-refractivity contribution in [2.24, 2.45) is 0 Å². The van der Waals surface area contributed by atoms with E-state index in [1.54, 1.807) is 24.3 Å². The van der Waals surface area contributed by atoms with Crippen molar-refractivity contribution in [2.45, 2.75) is 31.6 Å². The van der Waals surface area contributed by atoms with Gasteiger partial charge in [0.05, 0.1) is 11.2 Å². The van der Waals surface area contributed by atoms with E-state index in [9.17, 15) is 18.0 Å². The van der Waals surface area contributed by atoms with Crippen molar-refractivity contribution < 1.29 is 22.4 Å². The van der Waals surface area contributed by atoms with Gasteiger partial charge in [-0.3, -0.25) is 14.3 Å². The summed E-state index contributed by atoms with van der Waals surface area (Å²) in [6.45, 7) is 4.20. The summed E-state index contributed by atoms with van der Waals surface area (Å²) in [5.74, 6) is -0.348. The number of hydrogen-bond donors (Lipinski definition) is 3. The number of rotatable bonds is 9. The number of carbonyl (C=O) groups excluding carboxylic acids is 2. The zero-order valence-electron chi connectivity index (χ0n) is 17.8. The van der Waals surface area contributed by atoms with E-state index in [0.717, 1.165) is 11.1 Å². The van der Waals surface area contributed by atoms with E-state index in [1.165, 1.54) is 30.5 Å². The van der Waals surface area contributed by atoms with Gasteiger partial charge in [-0.05, 0) is 79.9 Å². The molecule has 2 aromatic carbocycles. The summed E-state index contributed by atoms with van der Waals surface area (Å²) < 4.78 is 32.8. The second-order valence-corrected chi connectivity index (χ2v) is 9.00. The van der Waals surface area contributed by atoms with E-state index in [-0.39, 0.29) is 28.9 Å². The maximum absolute atomic E-state index is 12.6. The van der Waals surface area contributed by atoms with Crippen LogP contribution >= 0.6 is 0 Å². The topological polar surface area (TPSA) is 118 Å². The minimum Gasteiger partial charge on any atom is -0.459 e. The number of benzene rings is 2. The van der Waals surface area contributed by atoms with Crippen molar-refractivity contribution in [2.75, 3.05) is 16.6 Å². The highest BCUT2D eigenvalue weighted by atomic mass is 32.2. The van der Waals surface area contributed by atoms with Crippen LogP contribution in [0.5, 0.6) is 0 Å². The molecule has 3 rings (SSSR count). The van der Waals surface area contributed by atoms with Crippen molar-refractivity contribution in [1.82, 2.24) is 5.32 Å². The number of hydrogen-bond acceptors (Lipinski definition) is 5. The second-order valence-electron chi connectivity index (χ2n) is 7.31. The van der Waals surface area contributed by atoms with E-state index in [4.69, 9.17) is 4.42 Å². The summed E-state index contributed by atoms with van der Waals surface area (Å²) in [5.41, 5.74) is 3.04. The van der Waals surface area contributed by atoms with E-state index in [0.29, 0.717) is 24.3 Å². The van der Waals surface area contributed by atoms with Crippen LogP contribution in [0, 0.1) is 13.8 Å². The third kappa shape index (κ3) is 6.21. The lowest BCUT2D eigenvalue weighted by atomic mass is 10.1. The van der Waals surface area contributed by atoms with Crippen molar-refractivity contribution >= 4 is 33.2 Å². The lowest BCUT2D eigenvalue weighted by molar-refractivity contribution is -0.116. The summed E-state index contributed by atoms with van der Waals surface area (Å²) >= 11 is 0. The standard InChI is InChI=1S/C23H25N3O5S/c1-16-7-8-19(15-17(16)2)26-32(29,30)20-11-9-18(10-12-20)25-22(27)6-3-13-24-23(28)21-5-4-14-31-21/h4-5,7-12,14-15,26H,3,6,13H2,1-2H3,(H,24,28)(H,25,27). The van der Waals surface area contributed by atoms with Crippen LogP contribution in [0.4, 0.5) is 11.4 Å². The summed E-state index contributed by atoms with van der Waals surface area (Å²) in [4.78, 5) is 23.9. The Balaban J connectivity index is 1.48. The fourth-order valence-corrected chi connectivity index (χ4v) is 3.96. The normalized spacial score (nSPS) is 11.1. The SMILES string of the molecule is Cc1ccc(NS(=O)(=O)c2ccc(NC(=O)CCCNC(=O)c3ccco3)cc2)cc1C. The Kier molecular flexibility index (Phi) is 7.32. The Hall–Kier alpha value is -3.59. The molecular weight excluding hydrogens is 430 g/mol. The van der Waals surface area contributed by atoms with Gasteiger partial charge in [0.2, 0.25) is 5.91 Å². The largest absolute Gasteiger partial charge is 0.459 e. The van der Waals surface area contributed by atoms with Crippen molar-refractivity contribution in [3.8, 4) is 0 Å². The predicted octanol–water partition coefficient (Wildman–Crippen LogP) is 3.85. The summed E-state index contributed by atoms with van der Waals surface area (Å²) in [5, 5.41) is 5.38. The van der Waals surface area contributed by atoms with Gasteiger partial charge < -0.3 is 15.1 Å². The molecule has 1 heterocycles. The highest BCUT2D eigenvalue weighted by molar-refractivity contribution is 7.92. The van der Waals surface area contributed by atoms with E-state index >= 15 is 0 Å². The first kappa shape index (κ1) is 23.1. The Morgan fingerprint density at radius 2 is 1.66 bits per heavy atom. The molecule has 0 atom stereocenters. The number of nitrogens with one attached hydrogen (secondary N) is 3. The summed E-state index contributed by atoms with van der Waals surface area (Å²) in [6, 6.07) is 14.5. The van der Waals surface area contributed by atoms with Gasteiger partial charge in [0.25, 0.3) is 15.9 Å². The molecule has 2 amide bonds. The third-order valence-corrected chi connectivity index (χ3v) is 6.22. The molecule has 3 N–H and O–H groups in total.